The van der Waals surface area contributed by atoms with E-state index in [1.165, 1.54) is 0 Å². The molecule has 2 rings (SSSR count). The van der Waals surface area contributed by atoms with Crippen molar-refractivity contribution >= 4 is 5.91 Å². The summed E-state index contributed by atoms with van der Waals surface area (Å²) in [7, 11) is 0. The molecular weight excluding hydrogens is 238 g/mol. The fourth-order valence-electron chi connectivity index (χ4n) is 1.97. The van der Waals surface area contributed by atoms with Crippen LogP contribution in [0.2, 0.25) is 0 Å². The van der Waals surface area contributed by atoms with Crippen LogP contribution in [0.5, 0.6) is 0 Å². The van der Waals surface area contributed by atoms with Crippen molar-refractivity contribution < 1.29 is 13.6 Å². The van der Waals surface area contributed by atoms with Gasteiger partial charge >= 0.3 is 0 Å². The highest BCUT2D eigenvalue weighted by Gasteiger charge is 2.44. The molecule has 98 valence electrons. The zero-order valence-corrected chi connectivity index (χ0v) is 9.90. The summed E-state index contributed by atoms with van der Waals surface area (Å²) < 4.78 is 25.8. The molecule has 0 aromatic heterocycles. The van der Waals surface area contributed by atoms with E-state index >= 15 is 0 Å². The second-order valence-electron chi connectivity index (χ2n) is 4.64. The van der Waals surface area contributed by atoms with Gasteiger partial charge in [-0.25, -0.2) is 8.78 Å². The van der Waals surface area contributed by atoms with Crippen LogP contribution >= 0.6 is 0 Å². The summed E-state index contributed by atoms with van der Waals surface area (Å²) in [5.41, 5.74) is 5.99. The zero-order chi connectivity index (χ0) is 13.2. The quantitative estimate of drug-likeness (QED) is 0.836. The molecule has 18 heavy (non-hydrogen) atoms. The Labute approximate surface area is 104 Å². The summed E-state index contributed by atoms with van der Waals surface area (Å²) in [4.78, 5) is 11.7. The third kappa shape index (κ3) is 3.04. The molecule has 3 nitrogen and oxygen atoms in total. The van der Waals surface area contributed by atoms with E-state index < -0.39 is 19.0 Å². The Bertz CT molecular complexity index is 422. The van der Waals surface area contributed by atoms with Crippen LogP contribution in [0, 0.1) is 5.92 Å². The minimum Gasteiger partial charge on any atom is -0.350 e. The maximum Gasteiger partial charge on any atom is 0.277 e. The number of alkyl halides is 2. The Morgan fingerprint density at radius 2 is 2.06 bits per heavy atom. The molecule has 5 heteroatoms. The highest BCUT2D eigenvalue weighted by Crippen LogP contribution is 2.47. The molecule has 1 aliphatic carbocycles. The molecule has 1 amide bonds. The maximum absolute atomic E-state index is 12.9. The number of hydrogen-bond acceptors (Lipinski definition) is 2. The molecular formula is C13H16F2N2O. The highest BCUT2D eigenvalue weighted by molar-refractivity contribution is 5.82. The Kier molecular flexibility index (Phi) is 3.61. The lowest BCUT2D eigenvalue weighted by molar-refractivity contribution is -0.124. The first-order valence-electron chi connectivity index (χ1n) is 5.94. The Morgan fingerprint density at radius 1 is 1.39 bits per heavy atom. The van der Waals surface area contributed by atoms with Crippen LogP contribution in [0.25, 0.3) is 0 Å². The van der Waals surface area contributed by atoms with Gasteiger partial charge in [0.1, 0.15) is 0 Å². The third-order valence-electron chi connectivity index (χ3n) is 3.17. The van der Waals surface area contributed by atoms with E-state index in [1.54, 1.807) is 0 Å². The summed E-state index contributed by atoms with van der Waals surface area (Å²) >= 11 is 0. The molecule has 0 saturated heterocycles. The number of nitrogens with two attached hydrogens (primary N) is 1. The number of rotatable bonds is 5. The molecule has 0 spiro atoms. The predicted molar refractivity (Wildman–Crippen MR) is 64.3 cm³/mol. The number of halogens is 2. The number of nitrogens with one attached hydrogen (secondary N) is 1. The molecule has 0 aliphatic heterocycles. The Balaban J connectivity index is 1.83. The molecule has 0 bridgehead atoms. The summed E-state index contributed by atoms with van der Waals surface area (Å²) in [5, 5.41) is 2.27. The molecule has 1 aromatic rings. The van der Waals surface area contributed by atoms with Gasteiger partial charge in [-0.1, -0.05) is 30.3 Å². The number of hydrogen-bond donors (Lipinski definition) is 2. The number of amides is 1. The molecule has 1 fully saturated rings. The van der Waals surface area contributed by atoms with E-state index in [2.05, 4.69) is 5.32 Å². The van der Waals surface area contributed by atoms with Crippen molar-refractivity contribution in [2.24, 2.45) is 11.7 Å². The topological polar surface area (TPSA) is 55.1 Å². The molecule has 3 N–H and O–H groups in total. The second-order valence-corrected chi connectivity index (χ2v) is 4.64. The van der Waals surface area contributed by atoms with Gasteiger partial charge in [0, 0.05) is 5.92 Å². The molecule has 1 aliphatic rings. The zero-order valence-electron chi connectivity index (χ0n) is 9.90. The number of benzene rings is 1. The monoisotopic (exact) mass is 254 g/mol. The molecule has 0 heterocycles. The normalized spacial score (nSPS) is 22.6. The van der Waals surface area contributed by atoms with E-state index in [1.807, 2.05) is 30.3 Å². The van der Waals surface area contributed by atoms with Gasteiger partial charge in [-0.05, 0) is 17.9 Å². The third-order valence-corrected chi connectivity index (χ3v) is 3.17. The lowest BCUT2D eigenvalue weighted by atomic mass is 10.1. The van der Waals surface area contributed by atoms with Crippen LogP contribution in [-0.2, 0) is 4.79 Å². The van der Waals surface area contributed by atoms with Crippen molar-refractivity contribution in [3.8, 4) is 0 Å². The van der Waals surface area contributed by atoms with Crippen LogP contribution in [-0.4, -0.2) is 24.9 Å². The van der Waals surface area contributed by atoms with Crippen LogP contribution in [0.1, 0.15) is 17.9 Å². The molecule has 2 atom stereocenters. The molecule has 1 saturated carbocycles. The Hall–Kier alpha value is -1.49. The highest BCUT2D eigenvalue weighted by atomic mass is 19.3. The summed E-state index contributed by atoms with van der Waals surface area (Å²) in [6, 6.07) is 9.62. The fraction of sp³-hybridized carbons (Fsp3) is 0.462. The largest absolute Gasteiger partial charge is 0.350 e. The maximum atomic E-state index is 12.9. The van der Waals surface area contributed by atoms with Crippen molar-refractivity contribution in [1.82, 2.24) is 5.32 Å². The number of carbonyl (C=O) groups is 1. The second kappa shape index (κ2) is 5.02. The average Bonchev–Trinajstić information content (AvgIpc) is 3.17. The summed E-state index contributed by atoms with van der Waals surface area (Å²) in [6.07, 6.45) is 0.726. The van der Waals surface area contributed by atoms with Crippen molar-refractivity contribution in [3.05, 3.63) is 35.9 Å². The smallest absolute Gasteiger partial charge is 0.277 e. The van der Waals surface area contributed by atoms with E-state index in [9.17, 15) is 13.6 Å². The van der Waals surface area contributed by atoms with Gasteiger partial charge in [-0.2, -0.15) is 0 Å². The fourth-order valence-corrected chi connectivity index (χ4v) is 1.97. The first kappa shape index (κ1) is 13.0. The van der Waals surface area contributed by atoms with Crippen molar-refractivity contribution in [3.63, 3.8) is 0 Å². The van der Waals surface area contributed by atoms with E-state index in [0.29, 0.717) is 0 Å². The van der Waals surface area contributed by atoms with Gasteiger partial charge in [0.2, 0.25) is 5.91 Å². The lowest BCUT2D eigenvalue weighted by Crippen LogP contribution is -2.42. The van der Waals surface area contributed by atoms with Gasteiger partial charge in [0.05, 0.1) is 13.1 Å². The molecule has 2 unspecified atom stereocenters. The standard InChI is InChI=1S/C13H16F2N2O/c14-13(15,7-16)8-17-12(18)11-6-10(11)9-4-2-1-3-5-9/h1-5,10-11H,6-8,16H2,(H,17,18). The summed E-state index contributed by atoms with van der Waals surface area (Å²) in [6.45, 7) is -1.43. The summed E-state index contributed by atoms with van der Waals surface area (Å²) in [5.74, 6) is -3.34. The van der Waals surface area contributed by atoms with Crippen LogP contribution in [0.4, 0.5) is 8.78 Å². The molecule has 0 radical (unpaired) electrons. The van der Waals surface area contributed by atoms with Crippen LogP contribution < -0.4 is 11.1 Å². The van der Waals surface area contributed by atoms with Gasteiger partial charge in [-0.3, -0.25) is 4.79 Å². The van der Waals surface area contributed by atoms with Gasteiger partial charge in [0.25, 0.3) is 5.92 Å². The van der Waals surface area contributed by atoms with E-state index in [4.69, 9.17) is 5.73 Å². The van der Waals surface area contributed by atoms with E-state index in [-0.39, 0.29) is 17.7 Å². The first-order valence-corrected chi connectivity index (χ1v) is 5.94. The van der Waals surface area contributed by atoms with Crippen LogP contribution in [0.15, 0.2) is 30.3 Å². The van der Waals surface area contributed by atoms with Gasteiger partial charge in [-0.15, -0.1) is 0 Å². The molecule has 1 aromatic carbocycles. The number of carbonyl (C=O) groups excluding carboxylic acids is 1. The van der Waals surface area contributed by atoms with Crippen molar-refractivity contribution in [2.45, 2.75) is 18.3 Å². The van der Waals surface area contributed by atoms with Crippen molar-refractivity contribution in [2.75, 3.05) is 13.1 Å². The van der Waals surface area contributed by atoms with Gasteiger partial charge in [0.15, 0.2) is 0 Å². The van der Waals surface area contributed by atoms with Crippen LogP contribution in [0.3, 0.4) is 0 Å². The van der Waals surface area contributed by atoms with E-state index in [0.717, 1.165) is 12.0 Å². The SMILES string of the molecule is NCC(F)(F)CNC(=O)C1CC1c1ccccc1. The minimum absolute atomic E-state index is 0.165. The van der Waals surface area contributed by atoms with Gasteiger partial charge < -0.3 is 11.1 Å². The Morgan fingerprint density at radius 3 is 2.67 bits per heavy atom. The minimum atomic E-state index is -3.02. The first-order chi connectivity index (χ1) is 8.53. The lowest BCUT2D eigenvalue weighted by Gasteiger charge is -2.14. The predicted octanol–water partition coefficient (Wildman–Crippen LogP) is 1.50. The average molecular weight is 254 g/mol. The van der Waals surface area contributed by atoms with Crippen molar-refractivity contribution in [1.29, 1.82) is 0 Å².